The molecule has 30 heavy (non-hydrogen) atoms. The molecule has 1 aliphatic rings. The van der Waals surface area contributed by atoms with Crippen LogP contribution in [0.2, 0.25) is 0 Å². The first kappa shape index (κ1) is 20.8. The van der Waals surface area contributed by atoms with Crippen LogP contribution in [0.1, 0.15) is 26.2 Å². The lowest BCUT2D eigenvalue weighted by atomic mass is 10.2. The Morgan fingerprint density at radius 3 is 2.40 bits per heavy atom. The highest BCUT2D eigenvalue weighted by Gasteiger charge is 2.25. The van der Waals surface area contributed by atoms with Crippen LogP contribution < -0.4 is 10.1 Å². The minimum Gasteiger partial charge on any atom is -0.494 e. The summed E-state index contributed by atoms with van der Waals surface area (Å²) in [6, 6.07) is 14.7. The molecule has 0 radical (unpaired) electrons. The molecular formula is C22H25N3O3S2. The Labute approximate surface area is 181 Å². The molecule has 0 unspecified atom stereocenters. The molecule has 0 atom stereocenters. The van der Waals surface area contributed by atoms with Crippen molar-refractivity contribution in [2.45, 2.75) is 31.1 Å². The molecule has 2 heterocycles. The Balaban J connectivity index is 1.45. The fraction of sp³-hybridized carbons (Fsp3) is 0.318. The number of nitrogens with one attached hydrogen (secondary N) is 1. The van der Waals surface area contributed by atoms with Gasteiger partial charge in [-0.3, -0.25) is 0 Å². The minimum atomic E-state index is -3.41. The third-order valence-corrected chi connectivity index (χ3v) is 7.69. The summed E-state index contributed by atoms with van der Waals surface area (Å²) >= 11 is 1.51. The van der Waals surface area contributed by atoms with Gasteiger partial charge in [-0.2, -0.15) is 4.31 Å². The molecule has 0 amide bonds. The van der Waals surface area contributed by atoms with E-state index in [-0.39, 0.29) is 0 Å². The highest BCUT2D eigenvalue weighted by Crippen LogP contribution is 2.29. The number of rotatable bonds is 7. The topological polar surface area (TPSA) is 71.5 Å². The average Bonchev–Trinajstić information content (AvgIpc) is 3.24. The van der Waals surface area contributed by atoms with E-state index in [0.29, 0.717) is 24.6 Å². The van der Waals surface area contributed by atoms with E-state index in [1.807, 2.05) is 48.7 Å². The first-order valence-corrected chi connectivity index (χ1v) is 12.4. The Bertz CT molecular complexity index is 1070. The van der Waals surface area contributed by atoms with Crippen molar-refractivity contribution in [3.8, 4) is 17.0 Å². The van der Waals surface area contributed by atoms with Gasteiger partial charge in [0, 0.05) is 29.7 Å². The average molecular weight is 444 g/mol. The van der Waals surface area contributed by atoms with Gasteiger partial charge in [-0.15, -0.1) is 11.3 Å². The predicted molar refractivity (Wildman–Crippen MR) is 121 cm³/mol. The molecule has 3 aromatic rings. The molecule has 2 aromatic carbocycles. The summed E-state index contributed by atoms with van der Waals surface area (Å²) in [4.78, 5) is 4.98. The van der Waals surface area contributed by atoms with Crippen molar-refractivity contribution in [2.75, 3.05) is 25.0 Å². The van der Waals surface area contributed by atoms with E-state index in [1.165, 1.54) is 11.3 Å². The van der Waals surface area contributed by atoms with Crippen LogP contribution in [0.3, 0.4) is 0 Å². The van der Waals surface area contributed by atoms with Crippen molar-refractivity contribution in [1.29, 1.82) is 0 Å². The quantitative estimate of drug-likeness (QED) is 0.548. The van der Waals surface area contributed by atoms with Gasteiger partial charge >= 0.3 is 0 Å². The lowest BCUT2D eigenvalue weighted by Crippen LogP contribution is -2.35. The number of nitrogens with zero attached hydrogens (tertiary/aromatic N) is 2. The molecule has 0 bridgehead atoms. The lowest BCUT2D eigenvalue weighted by molar-refractivity contribution is 0.340. The second-order valence-corrected chi connectivity index (χ2v) is 9.91. The van der Waals surface area contributed by atoms with Gasteiger partial charge in [-0.05, 0) is 56.2 Å². The number of hydrogen-bond donors (Lipinski definition) is 1. The van der Waals surface area contributed by atoms with E-state index in [1.54, 1.807) is 16.4 Å². The predicted octanol–water partition coefficient (Wildman–Crippen LogP) is 5.13. The highest BCUT2D eigenvalue weighted by molar-refractivity contribution is 7.89. The van der Waals surface area contributed by atoms with Gasteiger partial charge in [0.1, 0.15) is 5.75 Å². The third kappa shape index (κ3) is 4.66. The number of ether oxygens (including phenoxy) is 1. The Kier molecular flexibility index (Phi) is 6.36. The second kappa shape index (κ2) is 9.16. The van der Waals surface area contributed by atoms with E-state index in [4.69, 9.17) is 4.74 Å². The molecule has 1 saturated heterocycles. The maximum Gasteiger partial charge on any atom is 0.243 e. The highest BCUT2D eigenvalue weighted by atomic mass is 32.2. The molecule has 0 aliphatic carbocycles. The smallest absolute Gasteiger partial charge is 0.243 e. The minimum absolute atomic E-state index is 0.344. The zero-order valence-corrected chi connectivity index (χ0v) is 18.5. The summed E-state index contributed by atoms with van der Waals surface area (Å²) in [7, 11) is -3.41. The summed E-state index contributed by atoms with van der Waals surface area (Å²) < 4.78 is 32.7. The fourth-order valence-corrected chi connectivity index (χ4v) is 5.70. The summed E-state index contributed by atoms with van der Waals surface area (Å²) in [5, 5.41) is 6.03. The standard InChI is InChI=1S/C22H25N3O3S2/c1-2-28-19-10-8-18(9-11-19)23-22-24-21(16-29-22)17-6-12-20(13-7-17)30(26,27)25-14-4-3-5-15-25/h6-13,16H,2-5,14-15H2,1H3,(H,23,24). The molecular weight excluding hydrogens is 418 g/mol. The van der Waals surface area contributed by atoms with E-state index in [2.05, 4.69) is 10.3 Å². The van der Waals surface area contributed by atoms with Gasteiger partial charge in [0.05, 0.1) is 17.2 Å². The van der Waals surface area contributed by atoms with Gasteiger partial charge in [0.25, 0.3) is 0 Å². The molecule has 1 aliphatic heterocycles. The van der Waals surface area contributed by atoms with Gasteiger partial charge in [-0.25, -0.2) is 13.4 Å². The molecule has 0 spiro atoms. The van der Waals surface area contributed by atoms with Crippen LogP contribution in [0.4, 0.5) is 10.8 Å². The van der Waals surface area contributed by atoms with Crippen LogP contribution in [0.5, 0.6) is 5.75 Å². The number of piperidine rings is 1. The van der Waals surface area contributed by atoms with E-state index >= 15 is 0 Å². The van der Waals surface area contributed by atoms with Crippen LogP contribution in [0, 0.1) is 0 Å². The monoisotopic (exact) mass is 443 g/mol. The molecule has 158 valence electrons. The SMILES string of the molecule is CCOc1ccc(Nc2nc(-c3ccc(S(=O)(=O)N4CCCCC4)cc3)cs2)cc1. The number of hydrogen-bond acceptors (Lipinski definition) is 6. The summed E-state index contributed by atoms with van der Waals surface area (Å²) in [6.07, 6.45) is 2.96. The maximum absolute atomic E-state index is 12.8. The number of anilines is 2. The number of thiazole rings is 1. The summed E-state index contributed by atoms with van der Waals surface area (Å²) in [5.74, 6) is 0.836. The first-order chi connectivity index (χ1) is 14.6. The van der Waals surface area contributed by atoms with Crippen molar-refractivity contribution in [1.82, 2.24) is 9.29 Å². The van der Waals surface area contributed by atoms with E-state index in [9.17, 15) is 8.42 Å². The van der Waals surface area contributed by atoms with Crippen LogP contribution in [0.25, 0.3) is 11.3 Å². The van der Waals surface area contributed by atoms with Gasteiger partial charge in [-0.1, -0.05) is 18.6 Å². The summed E-state index contributed by atoms with van der Waals surface area (Å²) in [6.45, 7) is 3.81. The van der Waals surface area contributed by atoms with Gasteiger partial charge < -0.3 is 10.1 Å². The molecule has 0 saturated carbocycles. The van der Waals surface area contributed by atoms with E-state index in [0.717, 1.165) is 47.1 Å². The van der Waals surface area contributed by atoms with Crippen LogP contribution in [0.15, 0.2) is 58.8 Å². The van der Waals surface area contributed by atoms with Crippen LogP contribution in [-0.2, 0) is 10.0 Å². The van der Waals surface area contributed by atoms with Gasteiger partial charge in [0.2, 0.25) is 10.0 Å². The Morgan fingerprint density at radius 2 is 1.73 bits per heavy atom. The zero-order chi connectivity index (χ0) is 21.0. The lowest BCUT2D eigenvalue weighted by Gasteiger charge is -2.25. The second-order valence-electron chi connectivity index (χ2n) is 7.11. The van der Waals surface area contributed by atoms with Gasteiger partial charge in [0.15, 0.2) is 5.13 Å². The van der Waals surface area contributed by atoms with Crippen molar-refractivity contribution >= 4 is 32.2 Å². The van der Waals surface area contributed by atoms with Crippen molar-refractivity contribution < 1.29 is 13.2 Å². The third-order valence-electron chi connectivity index (χ3n) is 5.02. The molecule has 1 fully saturated rings. The molecule has 1 N–H and O–H groups in total. The van der Waals surface area contributed by atoms with Crippen molar-refractivity contribution in [3.63, 3.8) is 0 Å². The normalized spacial score (nSPS) is 15.1. The largest absolute Gasteiger partial charge is 0.494 e. The zero-order valence-electron chi connectivity index (χ0n) is 16.9. The Hall–Kier alpha value is -2.42. The van der Waals surface area contributed by atoms with E-state index < -0.39 is 10.0 Å². The number of aromatic nitrogens is 1. The molecule has 1 aromatic heterocycles. The Morgan fingerprint density at radius 1 is 1.03 bits per heavy atom. The number of sulfonamides is 1. The maximum atomic E-state index is 12.8. The molecule has 8 heteroatoms. The molecule has 4 rings (SSSR count). The van der Waals surface area contributed by atoms with Crippen molar-refractivity contribution in [2.24, 2.45) is 0 Å². The molecule has 6 nitrogen and oxygen atoms in total. The van der Waals surface area contributed by atoms with Crippen LogP contribution in [-0.4, -0.2) is 37.4 Å². The van der Waals surface area contributed by atoms with Crippen molar-refractivity contribution in [3.05, 3.63) is 53.9 Å². The first-order valence-electron chi connectivity index (χ1n) is 10.1. The van der Waals surface area contributed by atoms with Crippen LogP contribution >= 0.6 is 11.3 Å². The number of benzene rings is 2. The summed E-state index contributed by atoms with van der Waals surface area (Å²) in [5.41, 5.74) is 2.64. The fourth-order valence-electron chi connectivity index (χ4n) is 3.44.